The van der Waals surface area contributed by atoms with E-state index in [4.69, 9.17) is 0 Å². The van der Waals surface area contributed by atoms with Gasteiger partial charge in [-0.2, -0.15) is 23.5 Å². The molecule has 1 nitrogen and oxygen atoms in total. The van der Waals surface area contributed by atoms with Gasteiger partial charge in [0.15, 0.2) is 0 Å². The summed E-state index contributed by atoms with van der Waals surface area (Å²) in [6, 6.07) is 0.850. The third kappa shape index (κ3) is 1.85. The Labute approximate surface area is 102 Å². The normalized spacial score (nSPS) is 46.4. The molecule has 1 N–H and O–H groups in total. The molecular weight excluding hydrogens is 222 g/mol. The molecule has 3 unspecified atom stereocenters. The molecule has 3 fully saturated rings. The fourth-order valence-electron chi connectivity index (χ4n) is 3.56. The molecule has 15 heavy (non-hydrogen) atoms. The Morgan fingerprint density at radius 3 is 2.73 bits per heavy atom. The molecule has 86 valence electrons. The quantitative estimate of drug-likeness (QED) is 0.801. The van der Waals surface area contributed by atoms with Gasteiger partial charge < -0.3 is 5.32 Å². The number of nitrogens with one attached hydrogen (secondary N) is 1. The maximum absolute atomic E-state index is 3.79. The van der Waals surface area contributed by atoms with Crippen molar-refractivity contribution in [2.45, 2.75) is 43.4 Å². The average Bonchev–Trinajstić information content (AvgIpc) is 3.02. The van der Waals surface area contributed by atoms with E-state index in [0.29, 0.717) is 5.41 Å². The molecule has 0 aromatic rings. The zero-order valence-corrected chi connectivity index (χ0v) is 11.0. The van der Waals surface area contributed by atoms with E-state index in [0.717, 1.165) is 11.3 Å². The predicted molar refractivity (Wildman–Crippen MR) is 70.9 cm³/mol. The third-order valence-corrected chi connectivity index (χ3v) is 7.27. The van der Waals surface area contributed by atoms with Gasteiger partial charge in [-0.05, 0) is 50.2 Å². The van der Waals surface area contributed by atoms with Gasteiger partial charge in [-0.25, -0.2) is 0 Å². The Morgan fingerprint density at radius 1 is 1.13 bits per heavy atom. The summed E-state index contributed by atoms with van der Waals surface area (Å²) >= 11 is 4.47. The van der Waals surface area contributed by atoms with Crippen LogP contribution < -0.4 is 5.32 Å². The minimum absolute atomic E-state index is 0.669. The Bertz CT molecular complexity index is 196. The summed E-state index contributed by atoms with van der Waals surface area (Å²) < 4.78 is 0. The van der Waals surface area contributed by atoms with Crippen LogP contribution in [0.1, 0.15) is 32.1 Å². The van der Waals surface area contributed by atoms with Gasteiger partial charge in [0.05, 0.1) is 0 Å². The maximum atomic E-state index is 3.79. The summed E-state index contributed by atoms with van der Waals surface area (Å²) in [6.07, 6.45) is 7.29. The van der Waals surface area contributed by atoms with E-state index in [2.05, 4.69) is 28.8 Å². The number of hydrogen-bond acceptors (Lipinski definition) is 3. The first-order valence-corrected chi connectivity index (χ1v) is 8.55. The molecule has 0 aliphatic carbocycles. The lowest BCUT2D eigenvalue weighted by Gasteiger charge is -2.40. The van der Waals surface area contributed by atoms with Crippen LogP contribution in [-0.4, -0.2) is 35.1 Å². The molecule has 3 aliphatic heterocycles. The van der Waals surface area contributed by atoms with Crippen molar-refractivity contribution in [2.24, 2.45) is 5.41 Å². The molecule has 3 atom stereocenters. The summed E-state index contributed by atoms with van der Waals surface area (Å²) in [6.45, 7) is 1.27. The number of rotatable bonds is 2. The molecule has 3 rings (SSSR count). The second-order valence-corrected chi connectivity index (χ2v) is 7.60. The van der Waals surface area contributed by atoms with Crippen molar-refractivity contribution in [3.63, 3.8) is 0 Å². The summed E-state index contributed by atoms with van der Waals surface area (Å²) in [7, 11) is 0. The SMILES string of the molecule is C1CNC(C2(C3CCCS3)CCSC2)C1. The first-order valence-electron chi connectivity index (χ1n) is 6.34. The highest BCUT2D eigenvalue weighted by atomic mass is 32.2. The van der Waals surface area contributed by atoms with Gasteiger partial charge in [-0.3, -0.25) is 0 Å². The molecule has 3 heteroatoms. The Kier molecular flexibility index (Phi) is 3.24. The largest absolute Gasteiger partial charge is 0.313 e. The van der Waals surface area contributed by atoms with Crippen molar-refractivity contribution in [2.75, 3.05) is 23.8 Å². The Morgan fingerprint density at radius 2 is 2.13 bits per heavy atom. The third-order valence-electron chi connectivity index (χ3n) is 4.41. The maximum Gasteiger partial charge on any atom is 0.0143 e. The van der Waals surface area contributed by atoms with Crippen molar-refractivity contribution in [1.29, 1.82) is 0 Å². The molecule has 0 aromatic heterocycles. The molecular formula is C12H21NS2. The summed E-state index contributed by atoms with van der Waals surface area (Å²) in [5, 5.41) is 4.76. The molecule has 0 amide bonds. The van der Waals surface area contributed by atoms with Crippen molar-refractivity contribution in [1.82, 2.24) is 5.32 Å². The summed E-state index contributed by atoms with van der Waals surface area (Å²) in [5.41, 5.74) is 0.669. The summed E-state index contributed by atoms with van der Waals surface area (Å²) in [4.78, 5) is 0. The van der Waals surface area contributed by atoms with Crippen LogP contribution in [0.25, 0.3) is 0 Å². The standard InChI is InChI=1S/C12H21NS2/c1-3-10(13-6-1)12(5-8-14-9-12)11-4-2-7-15-11/h10-11,13H,1-9H2. The summed E-state index contributed by atoms with van der Waals surface area (Å²) in [5.74, 6) is 4.27. The first kappa shape index (κ1) is 10.8. The molecule has 3 heterocycles. The predicted octanol–water partition coefficient (Wildman–Crippen LogP) is 2.76. The van der Waals surface area contributed by atoms with Gasteiger partial charge >= 0.3 is 0 Å². The minimum Gasteiger partial charge on any atom is -0.313 e. The van der Waals surface area contributed by atoms with Gasteiger partial charge in [0.2, 0.25) is 0 Å². The van der Waals surface area contributed by atoms with Crippen LogP contribution in [0, 0.1) is 5.41 Å². The topological polar surface area (TPSA) is 12.0 Å². The van der Waals surface area contributed by atoms with Crippen molar-refractivity contribution >= 4 is 23.5 Å². The lowest BCUT2D eigenvalue weighted by molar-refractivity contribution is 0.230. The van der Waals surface area contributed by atoms with E-state index in [1.54, 1.807) is 0 Å². The molecule has 0 saturated carbocycles. The second-order valence-electron chi connectivity index (χ2n) is 5.19. The van der Waals surface area contributed by atoms with E-state index in [1.165, 1.54) is 55.9 Å². The molecule has 3 aliphatic rings. The van der Waals surface area contributed by atoms with Crippen LogP contribution in [0.5, 0.6) is 0 Å². The molecule has 0 spiro atoms. The second kappa shape index (κ2) is 4.50. The van der Waals surface area contributed by atoms with E-state index in [-0.39, 0.29) is 0 Å². The average molecular weight is 243 g/mol. The van der Waals surface area contributed by atoms with Gasteiger partial charge in [0.1, 0.15) is 0 Å². The van der Waals surface area contributed by atoms with Crippen LogP contribution in [0.15, 0.2) is 0 Å². The van der Waals surface area contributed by atoms with Gasteiger partial charge in [-0.15, -0.1) is 0 Å². The smallest absolute Gasteiger partial charge is 0.0143 e. The van der Waals surface area contributed by atoms with Crippen molar-refractivity contribution in [3.8, 4) is 0 Å². The molecule has 0 aromatic carbocycles. The van der Waals surface area contributed by atoms with Crippen LogP contribution in [0.4, 0.5) is 0 Å². The van der Waals surface area contributed by atoms with Crippen molar-refractivity contribution < 1.29 is 0 Å². The monoisotopic (exact) mass is 243 g/mol. The zero-order chi connectivity index (χ0) is 10.1. The lowest BCUT2D eigenvalue weighted by Crippen LogP contribution is -2.48. The fourth-order valence-corrected chi connectivity index (χ4v) is 6.91. The van der Waals surface area contributed by atoms with Crippen LogP contribution in [0.2, 0.25) is 0 Å². The van der Waals surface area contributed by atoms with Crippen molar-refractivity contribution in [3.05, 3.63) is 0 Å². The van der Waals surface area contributed by atoms with E-state index in [1.807, 2.05) is 0 Å². The highest BCUT2D eigenvalue weighted by molar-refractivity contribution is 8.01. The highest BCUT2D eigenvalue weighted by Gasteiger charge is 2.49. The number of hydrogen-bond donors (Lipinski definition) is 1. The Hall–Kier alpha value is 0.660. The van der Waals surface area contributed by atoms with Crippen LogP contribution in [0.3, 0.4) is 0 Å². The van der Waals surface area contributed by atoms with E-state index >= 15 is 0 Å². The van der Waals surface area contributed by atoms with Gasteiger partial charge in [0.25, 0.3) is 0 Å². The molecule has 3 saturated heterocycles. The number of thioether (sulfide) groups is 2. The van der Waals surface area contributed by atoms with Gasteiger partial charge in [0, 0.05) is 22.5 Å². The minimum atomic E-state index is 0.669. The Balaban J connectivity index is 1.80. The van der Waals surface area contributed by atoms with Crippen LogP contribution in [-0.2, 0) is 0 Å². The first-order chi connectivity index (χ1) is 7.42. The lowest BCUT2D eigenvalue weighted by atomic mass is 9.74. The molecule has 0 radical (unpaired) electrons. The fraction of sp³-hybridized carbons (Fsp3) is 1.00. The van der Waals surface area contributed by atoms with E-state index in [9.17, 15) is 0 Å². The molecule has 0 bridgehead atoms. The zero-order valence-electron chi connectivity index (χ0n) is 9.34. The van der Waals surface area contributed by atoms with Crippen LogP contribution >= 0.6 is 23.5 Å². The highest BCUT2D eigenvalue weighted by Crippen LogP contribution is 2.51. The van der Waals surface area contributed by atoms with Gasteiger partial charge in [-0.1, -0.05) is 0 Å². The van der Waals surface area contributed by atoms with E-state index < -0.39 is 0 Å².